The van der Waals surface area contributed by atoms with Crippen LogP contribution in [0.1, 0.15) is 10.5 Å². The van der Waals surface area contributed by atoms with E-state index in [1.807, 2.05) is 0 Å². The summed E-state index contributed by atoms with van der Waals surface area (Å²) >= 11 is 6.79. The zero-order valence-corrected chi connectivity index (χ0v) is 8.91. The van der Waals surface area contributed by atoms with Crippen LogP contribution in [0.3, 0.4) is 0 Å². The summed E-state index contributed by atoms with van der Waals surface area (Å²) in [6, 6.07) is 1.21. The molecule has 0 unspecified atom stereocenters. The van der Waals surface area contributed by atoms with Crippen molar-refractivity contribution < 1.29 is 9.90 Å². The summed E-state index contributed by atoms with van der Waals surface area (Å²) in [5.41, 5.74) is -0.0839. The van der Waals surface area contributed by atoms with Crippen LogP contribution in [0.4, 0.5) is 0 Å². The van der Waals surface area contributed by atoms with Crippen LogP contribution in [0.2, 0.25) is 5.15 Å². The highest BCUT2D eigenvalue weighted by atomic mass is 35.5. The molecule has 1 aromatic rings. The third-order valence-corrected chi connectivity index (χ3v) is 1.82. The fourth-order valence-electron chi connectivity index (χ4n) is 0.598. The SMILES string of the molecule is CSc1nc(Cl)cc(C(=O)O)n1.Cl. The highest BCUT2D eigenvalue weighted by Crippen LogP contribution is 2.13. The van der Waals surface area contributed by atoms with Crippen molar-refractivity contribution >= 4 is 41.7 Å². The van der Waals surface area contributed by atoms with Crippen molar-refractivity contribution in [2.24, 2.45) is 0 Å². The molecule has 72 valence electrons. The lowest BCUT2D eigenvalue weighted by Gasteiger charge is -1.97. The topological polar surface area (TPSA) is 63.1 Å². The van der Waals surface area contributed by atoms with Crippen molar-refractivity contribution in [3.05, 3.63) is 16.9 Å². The molecule has 0 aliphatic carbocycles. The number of carboxylic acid groups (broad SMARTS) is 1. The average molecular weight is 241 g/mol. The predicted octanol–water partition coefficient (Wildman–Crippen LogP) is 1.97. The van der Waals surface area contributed by atoms with Crippen molar-refractivity contribution in [2.75, 3.05) is 6.26 Å². The highest BCUT2D eigenvalue weighted by Gasteiger charge is 2.08. The van der Waals surface area contributed by atoms with Gasteiger partial charge in [-0.3, -0.25) is 0 Å². The number of hydrogen-bond donors (Lipinski definition) is 1. The van der Waals surface area contributed by atoms with Crippen molar-refractivity contribution in [3.8, 4) is 0 Å². The summed E-state index contributed by atoms with van der Waals surface area (Å²) < 4.78 is 0. The summed E-state index contributed by atoms with van der Waals surface area (Å²) in [7, 11) is 0. The molecule has 13 heavy (non-hydrogen) atoms. The first-order valence-electron chi connectivity index (χ1n) is 2.95. The molecule has 0 fully saturated rings. The molecule has 0 bridgehead atoms. The summed E-state index contributed by atoms with van der Waals surface area (Å²) in [4.78, 5) is 18.0. The number of rotatable bonds is 2. The third kappa shape index (κ3) is 3.38. The van der Waals surface area contributed by atoms with Crippen LogP contribution in [0.25, 0.3) is 0 Å². The van der Waals surface area contributed by atoms with Crippen LogP contribution in [0.5, 0.6) is 0 Å². The Morgan fingerprint density at radius 2 is 2.23 bits per heavy atom. The summed E-state index contributed by atoms with van der Waals surface area (Å²) in [6.45, 7) is 0. The van der Waals surface area contributed by atoms with Gasteiger partial charge in [-0.15, -0.1) is 12.4 Å². The molecule has 0 spiro atoms. The second kappa shape index (κ2) is 5.26. The van der Waals surface area contributed by atoms with Gasteiger partial charge < -0.3 is 5.11 Å². The fourth-order valence-corrected chi connectivity index (χ4v) is 1.21. The standard InChI is InChI=1S/C6H5ClN2O2S.ClH/c1-12-6-8-3(5(10)11)2-4(7)9-6;/h2H,1H3,(H,10,11);1H. The van der Waals surface area contributed by atoms with Gasteiger partial charge in [0.15, 0.2) is 10.9 Å². The number of halogens is 2. The molecule has 0 aliphatic rings. The Kier molecular flexibility index (Phi) is 5.05. The van der Waals surface area contributed by atoms with E-state index in [0.717, 1.165) is 0 Å². The van der Waals surface area contributed by atoms with E-state index in [-0.39, 0.29) is 23.3 Å². The van der Waals surface area contributed by atoms with Crippen molar-refractivity contribution in [2.45, 2.75) is 5.16 Å². The molecule has 1 N–H and O–H groups in total. The quantitative estimate of drug-likeness (QED) is 0.487. The monoisotopic (exact) mass is 240 g/mol. The maximum absolute atomic E-state index is 10.5. The smallest absolute Gasteiger partial charge is 0.354 e. The van der Waals surface area contributed by atoms with E-state index in [0.29, 0.717) is 5.16 Å². The van der Waals surface area contributed by atoms with E-state index < -0.39 is 5.97 Å². The van der Waals surface area contributed by atoms with Gasteiger partial charge in [-0.1, -0.05) is 23.4 Å². The first-order valence-corrected chi connectivity index (χ1v) is 4.55. The lowest BCUT2D eigenvalue weighted by Crippen LogP contribution is -2.02. The van der Waals surface area contributed by atoms with Crippen LogP contribution < -0.4 is 0 Å². The van der Waals surface area contributed by atoms with Crippen LogP contribution in [-0.4, -0.2) is 27.3 Å². The number of aromatic carboxylic acids is 1. The van der Waals surface area contributed by atoms with E-state index in [9.17, 15) is 4.79 Å². The molecule has 0 aromatic carbocycles. The van der Waals surface area contributed by atoms with Gasteiger partial charge >= 0.3 is 5.97 Å². The molecule has 1 heterocycles. The Bertz CT molecular complexity index is 322. The van der Waals surface area contributed by atoms with Gasteiger partial charge in [0.1, 0.15) is 5.15 Å². The van der Waals surface area contributed by atoms with Gasteiger partial charge in [0.05, 0.1) is 0 Å². The van der Waals surface area contributed by atoms with Gasteiger partial charge in [0.2, 0.25) is 0 Å². The molecule has 0 saturated carbocycles. The molecule has 0 saturated heterocycles. The van der Waals surface area contributed by atoms with Gasteiger partial charge in [-0.25, -0.2) is 14.8 Å². The molecule has 0 aliphatic heterocycles. The molecule has 1 rings (SSSR count). The number of thioether (sulfide) groups is 1. The molecule has 7 heteroatoms. The number of nitrogens with zero attached hydrogens (tertiary/aromatic N) is 2. The minimum Gasteiger partial charge on any atom is -0.477 e. The van der Waals surface area contributed by atoms with E-state index >= 15 is 0 Å². The Labute approximate surface area is 90.1 Å². The lowest BCUT2D eigenvalue weighted by atomic mass is 10.4. The first kappa shape index (κ1) is 12.5. The first-order chi connectivity index (χ1) is 5.63. The Morgan fingerprint density at radius 3 is 2.69 bits per heavy atom. The van der Waals surface area contributed by atoms with E-state index in [1.54, 1.807) is 6.26 Å². The zero-order valence-electron chi connectivity index (χ0n) is 6.52. The van der Waals surface area contributed by atoms with E-state index in [4.69, 9.17) is 16.7 Å². The summed E-state index contributed by atoms with van der Waals surface area (Å²) in [6.07, 6.45) is 1.75. The van der Waals surface area contributed by atoms with E-state index in [1.165, 1.54) is 17.8 Å². The van der Waals surface area contributed by atoms with Crippen molar-refractivity contribution in [1.29, 1.82) is 0 Å². The van der Waals surface area contributed by atoms with Crippen LogP contribution in [0.15, 0.2) is 11.2 Å². The second-order valence-electron chi connectivity index (χ2n) is 1.87. The Morgan fingerprint density at radius 1 is 1.62 bits per heavy atom. The lowest BCUT2D eigenvalue weighted by molar-refractivity contribution is 0.0689. The van der Waals surface area contributed by atoms with Crippen molar-refractivity contribution in [3.63, 3.8) is 0 Å². The molecule has 0 radical (unpaired) electrons. The Hall–Kier alpha value is -0.520. The summed E-state index contributed by atoms with van der Waals surface area (Å²) in [5, 5.41) is 9.08. The number of carboxylic acids is 1. The van der Waals surface area contributed by atoms with E-state index in [2.05, 4.69) is 9.97 Å². The number of carbonyl (C=O) groups is 1. The van der Waals surface area contributed by atoms with Gasteiger partial charge in [0.25, 0.3) is 0 Å². The normalized spacial score (nSPS) is 9.08. The van der Waals surface area contributed by atoms with Crippen molar-refractivity contribution in [1.82, 2.24) is 9.97 Å². The highest BCUT2D eigenvalue weighted by molar-refractivity contribution is 7.98. The minimum atomic E-state index is -1.10. The maximum atomic E-state index is 10.5. The van der Waals surface area contributed by atoms with Gasteiger partial charge in [-0.2, -0.15) is 0 Å². The largest absolute Gasteiger partial charge is 0.477 e. The van der Waals surface area contributed by atoms with Crippen LogP contribution >= 0.6 is 35.8 Å². The zero-order chi connectivity index (χ0) is 9.14. The Balaban J connectivity index is 0.00000144. The fraction of sp³-hybridized carbons (Fsp3) is 0.167. The van der Waals surface area contributed by atoms with Gasteiger partial charge in [0, 0.05) is 6.07 Å². The average Bonchev–Trinajstić information content (AvgIpc) is 2.03. The molecule has 0 amide bonds. The summed E-state index contributed by atoms with van der Waals surface area (Å²) in [5.74, 6) is -1.10. The molecule has 4 nitrogen and oxygen atoms in total. The van der Waals surface area contributed by atoms with Gasteiger partial charge in [-0.05, 0) is 6.26 Å². The molecule has 0 atom stereocenters. The molecule has 1 aromatic heterocycles. The number of aromatic nitrogens is 2. The molecular formula is C6H6Cl2N2O2S. The van der Waals surface area contributed by atoms with Crippen LogP contribution in [-0.2, 0) is 0 Å². The number of hydrogen-bond acceptors (Lipinski definition) is 4. The predicted molar refractivity (Wildman–Crippen MR) is 53.0 cm³/mol. The molecular weight excluding hydrogens is 235 g/mol. The van der Waals surface area contributed by atoms with Crippen LogP contribution in [0, 0.1) is 0 Å². The second-order valence-corrected chi connectivity index (χ2v) is 3.03. The minimum absolute atomic E-state index is 0. The maximum Gasteiger partial charge on any atom is 0.354 e. The third-order valence-electron chi connectivity index (χ3n) is 1.08.